The number of hydrogen-bond acceptors (Lipinski definition) is 6. The maximum absolute atomic E-state index is 10.6. The van der Waals surface area contributed by atoms with Gasteiger partial charge in [-0.1, -0.05) is 0 Å². The Morgan fingerprint density at radius 2 is 2.13 bits per heavy atom. The van der Waals surface area contributed by atoms with Crippen LogP contribution in [0.3, 0.4) is 0 Å². The fraction of sp³-hybridized carbons (Fsp3) is 0.429. The quantitative estimate of drug-likeness (QED) is 0.567. The average Bonchev–Trinajstić information content (AvgIpc) is 2.11. The highest BCUT2D eigenvalue weighted by molar-refractivity contribution is 7.89. The molecule has 1 rings (SSSR count). The molecule has 0 aromatic carbocycles. The Labute approximate surface area is 88.0 Å². The second kappa shape index (κ2) is 4.89. The minimum Gasteiger partial charge on any atom is -0.382 e. The Morgan fingerprint density at radius 3 is 2.73 bits per heavy atom. The fourth-order valence-corrected chi connectivity index (χ4v) is 1.50. The molecule has 0 saturated carbocycles. The summed E-state index contributed by atoms with van der Waals surface area (Å²) < 4.78 is 21.2. The van der Waals surface area contributed by atoms with Gasteiger partial charge in [-0.3, -0.25) is 4.98 Å². The lowest BCUT2D eigenvalue weighted by Gasteiger charge is -2.04. The highest BCUT2D eigenvalue weighted by Gasteiger charge is 2.01. The molecule has 0 spiro atoms. The molecule has 0 aliphatic rings. The predicted molar refractivity (Wildman–Crippen MR) is 57.5 cm³/mol. The Balaban J connectivity index is 2.32. The van der Waals surface area contributed by atoms with E-state index in [1.807, 2.05) is 0 Å². The van der Waals surface area contributed by atoms with Crippen LogP contribution in [0.5, 0.6) is 0 Å². The van der Waals surface area contributed by atoms with Gasteiger partial charge in [-0.05, 0) is 6.42 Å². The lowest BCUT2D eigenvalue weighted by Crippen LogP contribution is -2.19. The van der Waals surface area contributed by atoms with Crippen LogP contribution in [0.2, 0.25) is 0 Å². The van der Waals surface area contributed by atoms with Crippen LogP contribution in [-0.2, 0) is 10.0 Å². The van der Waals surface area contributed by atoms with Gasteiger partial charge in [0.2, 0.25) is 10.0 Å². The molecule has 0 bridgehead atoms. The second-order valence-electron chi connectivity index (χ2n) is 2.98. The molecule has 84 valence electrons. The van der Waals surface area contributed by atoms with Crippen LogP contribution in [0.15, 0.2) is 12.4 Å². The van der Waals surface area contributed by atoms with Gasteiger partial charge in [0.15, 0.2) is 0 Å². The molecular formula is C7H13N5O2S. The van der Waals surface area contributed by atoms with Crippen molar-refractivity contribution in [2.45, 2.75) is 6.42 Å². The average molecular weight is 231 g/mol. The van der Waals surface area contributed by atoms with Crippen molar-refractivity contribution >= 4 is 21.7 Å². The molecule has 0 saturated heterocycles. The first kappa shape index (κ1) is 11.7. The highest BCUT2D eigenvalue weighted by atomic mass is 32.2. The summed E-state index contributed by atoms with van der Waals surface area (Å²) in [6.07, 6.45) is 3.35. The smallest absolute Gasteiger partial charge is 0.209 e. The number of nitrogens with one attached hydrogen (secondary N) is 1. The van der Waals surface area contributed by atoms with Gasteiger partial charge in [0, 0.05) is 6.54 Å². The van der Waals surface area contributed by atoms with Gasteiger partial charge in [0.1, 0.15) is 11.6 Å². The molecule has 1 aromatic rings. The molecule has 0 aliphatic heterocycles. The number of nitrogens with zero attached hydrogens (tertiary/aromatic N) is 2. The maximum atomic E-state index is 10.6. The second-order valence-corrected chi connectivity index (χ2v) is 4.71. The standard InChI is InChI=1S/C7H13N5O2S/c8-6-4-10-5-7(12-6)11-2-1-3-15(9,13)14/h4-5H,1-3H2,(H3,8,11,12)(H2,9,13,14). The van der Waals surface area contributed by atoms with Gasteiger partial charge in [-0.2, -0.15) is 0 Å². The Kier molecular flexibility index (Phi) is 3.81. The van der Waals surface area contributed by atoms with Crippen LogP contribution in [-0.4, -0.2) is 30.7 Å². The van der Waals surface area contributed by atoms with Crippen LogP contribution < -0.4 is 16.2 Å². The third kappa shape index (κ3) is 5.13. The molecule has 0 fully saturated rings. The largest absolute Gasteiger partial charge is 0.382 e. The van der Waals surface area contributed by atoms with Crippen molar-refractivity contribution in [3.05, 3.63) is 12.4 Å². The first-order valence-corrected chi connectivity index (χ1v) is 6.01. The molecule has 5 N–H and O–H groups in total. The summed E-state index contributed by atoms with van der Waals surface area (Å²) in [5, 5.41) is 7.72. The molecule has 0 unspecified atom stereocenters. The summed E-state index contributed by atoms with van der Waals surface area (Å²) in [5.74, 6) is 0.770. The van der Waals surface area contributed by atoms with Gasteiger partial charge in [0.05, 0.1) is 18.1 Å². The van der Waals surface area contributed by atoms with E-state index in [0.29, 0.717) is 24.6 Å². The monoisotopic (exact) mass is 231 g/mol. The Morgan fingerprint density at radius 1 is 1.40 bits per heavy atom. The molecular weight excluding hydrogens is 218 g/mol. The van der Waals surface area contributed by atoms with E-state index >= 15 is 0 Å². The number of nitrogen functional groups attached to an aromatic ring is 1. The van der Waals surface area contributed by atoms with Crippen LogP contribution in [0.25, 0.3) is 0 Å². The summed E-state index contributed by atoms with van der Waals surface area (Å²) in [6.45, 7) is 0.453. The zero-order valence-corrected chi connectivity index (χ0v) is 8.87. The first-order chi connectivity index (χ1) is 6.97. The van der Waals surface area contributed by atoms with Gasteiger partial charge in [0.25, 0.3) is 0 Å². The highest BCUT2D eigenvalue weighted by Crippen LogP contribution is 2.02. The molecule has 8 heteroatoms. The fourth-order valence-electron chi connectivity index (χ4n) is 0.956. The molecule has 1 heterocycles. The molecule has 0 atom stereocenters. The Hall–Kier alpha value is -1.41. The minimum absolute atomic E-state index is 0.0598. The number of hydrogen-bond donors (Lipinski definition) is 3. The first-order valence-electron chi connectivity index (χ1n) is 4.29. The number of nitrogens with two attached hydrogens (primary N) is 2. The van der Waals surface area contributed by atoms with Gasteiger partial charge >= 0.3 is 0 Å². The minimum atomic E-state index is -3.39. The summed E-state index contributed by atoms with van der Waals surface area (Å²) >= 11 is 0. The third-order valence-electron chi connectivity index (χ3n) is 1.56. The van der Waals surface area contributed by atoms with E-state index < -0.39 is 10.0 Å². The van der Waals surface area contributed by atoms with E-state index in [9.17, 15) is 8.42 Å². The number of rotatable bonds is 5. The topological polar surface area (TPSA) is 124 Å². The summed E-state index contributed by atoms with van der Waals surface area (Å²) in [7, 11) is -3.39. The zero-order chi connectivity index (χ0) is 11.3. The lowest BCUT2D eigenvalue weighted by molar-refractivity contribution is 0.595. The number of primary sulfonamides is 1. The normalized spacial score (nSPS) is 11.3. The molecule has 0 aliphatic carbocycles. The van der Waals surface area contributed by atoms with E-state index in [-0.39, 0.29) is 5.75 Å². The zero-order valence-electron chi connectivity index (χ0n) is 8.05. The number of aromatic nitrogens is 2. The van der Waals surface area contributed by atoms with Crippen molar-refractivity contribution in [1.82, 2.24) is 9.97 Å². The Bertz CT molecular complexity index is 419. The van der Waals surface area contributed by atoms with Crippen molar-refractivity contribution in [3.8, 4) is 0 Å². The van der Waals surface area contributed by atoms with E-state index in [1.54, 1.807) is 0 Å². The van der Waals surface area contributed by atoms with E-state index in [2.05, 4.69) is 15.3 Å². The summed E-state index contributed by atoms with van der Waals surface area (Å²) in [6, 6.07) is 0. The SMILES string of the molecule is Nc1cncc(NCCCS(N)(=O)=O)n1. The molecule has 1 aromatic heterocycles. The lowest BCUT2D eigenvalue weighted by atomic mass is 10.5. The van der Waals surface area contributed by atoms with Gasteiger partial charge in [-0.15, -0.1) is 0 Å². The van der Waals surface area contributed by atoms with Gasteiger partial charge < -0.3 is 11.1 Å². The summed E-state index contributed by atoms with van der Waals surface area (Å²) in [5.41, 5.74) is 5.40. The molecule has 7 nitrogen and oxygen atoms in total. The van der Waals surface area contributed by atoms with Crippen molar-refractivity contribution in [2.75, 3.05) is 23.3 Å². The maximum Gasteiger partial charge on any atom is 0.209 e. The molecule has 0 radical (unpaired) electrons. The van der Waals surface area contributed by atoms with Crippen LogP contribution in [0.4, 0.5) is 11.6 Å². The van der Waals surface area contributed by atoms with Crippen LogP contribution in [0.1, 0.15) is 6.42 Å². The summed E-state index contributed by atoms with van der Waals surface area (Å²) in [4.78, 5) is 7.75. The number of anilines is 2. The van der Waals surface area contributed by atoms with Crippen molar-refractivity contribution < 1.29 is 8.42 Å². The molecule has 15 heavy (non-hydrogen) atoms. The predicted octanol–water partition coefficient (Wildman–Crippen LogP) is -0.851. The van der Waals surface area contributed by atoms with Gasteiger partial charge in [-0.25, -0.2) is 18.5 Å². The van der Waals surface area contributed by atoms with E-state index in [0.717, 1.165) is 0 Å². The number of sulfonamides is 1. The van der Waals surface area contributed by atoms with Crippen molar-refractivity contribution in [3.63, 3.8) is 0 Å². The van der Waals surface area contributed by atoms with E-state index in [4.69, 9.17) is 10.9 Å². The third-order valence-corrected chi connectivity index (χ3v) is 2.42. The van der Waals surface area contributed by atoms with E-state index in [1.165, 1.54) is 12.4 Å². The van der Waals surface area contributed by atoms with Crippen LogP contribution >= 0.6 is 0 Å². The van der Waals surface area contributed by atoms with Crippen LogP contribution in [0, 0.1) is 0 Å². The molecule has 0 amide bonds. The van der Waals surface area contributed by atoms with Crippen molar-refractivity contribution in [1.29, 1.82) is 0 Å². The van der Waals surface area contributed by atoms with Crippen molar-refractivity contribution in [2.24, 2.45) is 5.14 Å².